The molecule has 1 amide bonds. The third-order valence-corrected chi connectivity index (χ3v) is 4.23. The van der Waals surface area contributed by atoms with Crippen LogP contribution in [0.2, 0.25) is 0 Å². The molecule has 1 aliphatic heterocycles. The summed E-state index contributed by atoms with van der Waals surface area (Å²) >= 11 is 1.37. The predicted octanol–water partition coefficient (Wildman–Crippen LogP) is -0.0471. The van der Waals surface area contributed by atoms with E-state index in [4.69, 9.17) is 4.74 Å². The lowest BCUT2D eigenvalue weighted by Gasteiger charge is -2.24. The van der Waals surface area contributed by atoms with E-state index in [9.17, 15) is 14.4 Å². The van der Waals surface area contributed by atoms with Gasteiger partial charge in [0.05, 0.1) is 12.5 Å². The topological polar surface area (TPSA) is 90.3 Å². The Morgan fingerprint density at radius 2 is 2.33 bits per heavy atom. The summed E-state index contributed by atoms with van der Waals surface area (Å²) in [5.41, 5.74) is 0.419. The van der Waals surface area contributed by atoms with Gasteiger partial charge >= 0.3 is 5.97 Å². The molecule has 1 unspecified atom stereocenters. The first-order valence-corrected chi connectivity index (χ1v) is 7.64. The molecule has 114 valence electrons. The number of nitrogens with zero attached hydrogens (tertiary/aromatic N) is 2. The standard InChI is InChI=1S/C13H17N3O4S/c1-3-20-10(17)5-14-11(18)9-6-16-12(19)8(2)4-15-13(16)21-7-9/h4,9H,3,5-7H2,1-2H3,(H,14,18). The van der Waals surface area contributed by atoms with E-state index >= 15 is 0 Å². The molecule has 1 aromatic heterocycles. The largest absolute Gasteiger partial charge is 0.465 e. The lowest BCUT2D eigenvalue weighted by Crippen LogP contribution is -2.42. The number of thioether (sulfide) groups is 1. The van der Waals surface area contributed by atoms with Crippen LogP contribution >= 0.6 is 11.8 Å². The summed E-state index contributed by atoms with van der Waals surface area (Å²) in [6, 6.07) is 0. The van der Waals surface area contributed by atoms with Gasteiger partial charge in [-0.3, -0.25) is 19.0 Å². The van der Waals surface area contributed by atoms with Crippen LogP contribution in [0.1, 0.15) is 12.5 Å². The number of amides is 1. The van der Waals surface area contributed by atoms with Crippen LogP contribution in [-0.2, 0) is 20.9 Å². The van der Waals surface area contributed by atoms with Crippen molar-refractivity contribution in [3.63, 3.8) is 0 Å². The van der Waals surface area contributed by atoms with Gasteiger partial charge in [-0.25, -0.2) is 4.98 Å². The van der Waals surface area contributed by atoms with Crippen LogP contribution in [0, 0.1) is 12.8 Å². The molecular weight excluding hydrogens is 294 g/mol. The molecule has 8 heteroatoms. The Labute approximate surface area is 126 Å². The Balaban J connectivity index is 2.01. The highest BCUT2D eigenvalue weighted by Crippen LogP contribution is 2.24. The second-order valence-electron chi connectivity index (χ2n) is 4.67. The van der Waals surface area contributed by atoms with Crippen molar-refractivity contribution in [2.75, 3.05) is 18.9 Å². The Kier molecular flexibility index (Phi) is 5.00. The van der Waals surface area contributed by atoms with E-state index in [1.807, 2.05) is 0 Å². The van der Waals surface area contributed by atoms with Crippen LogP contribution in [-0.4, -0.2) is 40.3 Å². The third-order valence-electron chi connectivity index (χ3n) is 3.08. The molecule has 2 rings (SSSR count). The molecule has 0 aliphatic carbocycles. The minimum atomic E-state index is -0.468. The van der Waals surface area contributed by atoms with Gasteiger partial charge in [0.15, 0.2) is 5.16 Å². The van der Waals surface area contributed by atoms with Gasteiger partial charge in [0.25, 0.3) is 5.56 Å². The second-order valence-corrected chi connectivity index (χ2v) is 5.66. The molecule has 1 aliphatic rings. The van der Waals surface area contributed by atoms with Crippen molar-refractivity contribution in [3.8, 4) is 0 Å². The molecule has 1 atom stereocenters. The SMILES string of the molecule is CCOC(=O)CNC(=O)C1CSc2ncc(C)c(=O)n2C1. The maximum Gasteiger partial charge on any atom is 0.325 e. The van der Waals surface area contributed by atoms with Crippen LogP contribution in [0.4, 0.5) is 0 Å². The van der Waals surface area contributed by atoms with Crippen molar-refractivity contribution in [1.82, 2.24) is 14.9 Å². The molecule has 0 spiro atoms. The smallest absolute Gasteiger partial charge is 0.325 e. The van der Waals surface area contributed by atoms with Gasteiger partial charge in [-0.05, 0) is 13.8 Å². The number of carbonyl (C=O) groups is 2. The Hall–Kier alpha value is -1.83. The number of fused-ring (bicyclic) bond motifs is 1. The van der Waals surface area contributed by atoms with Crippen molar-refractivity contribution < 1.29 is 14.3 Å². The summed E-state index contributed by atoms with van der Waals surface area (Å²) in [7, 11) is 0. The third kappa shape index (κ3) is 3.63. The van der Waals surface area contributed by atoms with E-state index in [1.54, 1.807) is 20.0 Å². The fourth-order valence-electron chi connectivity index (χ4n) is 1.98. The molecule has 21 heavy (non-hydrogen) atoms. The van der Waals surface area contributed by atoms with Gasteiger partial charge in [0, 0.05) is 24.1 Å². The van der Waals surface area contributed by atoms with E-state index in [0.717, 1.165) is 0 Å². The summed E-state index contributed by atoms with van der Waals surface area (Å²) in [6.45, 7) is 3.81. The molecule has 7 nitrogen and oxygen atoms in total. The molecule has 0 saturated heterocycles. The Morgan fingerprint density at radius 3 is 3.05 bits per heavy atom. The molecular formula is C13H17N3O4S. The number of hydrogen-bond donors (Lipinski definition) is 1. The normalized spacial score (nSPS) is 17.0. The van der Waals surface area contributed by atoms with Gasteiger partial charge in [-0.1, -0.05) is 11.8 Å². The quantitative estimate of drug-likeness (QED) is 0.619. The zero-order valence-corrected chi connectivity index (χ0v) is 12.7. The van der Waals surface area contributed by atoms with Gasteiger partial charge in [-0.2, -0.15) is 0 Å². The first-order valence-electron chi connectivity index (χ1n) is 6.65. The van der Waals surface area contributed by atoms with Crippen molar-refractivity contribution >= 4 is 23.6 Å². The van der Waals surface area contributed by atoms with Crippen LogP contribution in [0.15, 0.2) is 16.1 Å². The van der Waals surface area contributed by atoms with Crippen molar-refractivity contribution in [2.24, 2.45) is 5.92 Å². The fraction of sp³-hybridized carbons (Fsp3) is 0.538. The van der Waals surface area contributed by atoms with Crippen molar-refractivity contribution in [3.05, 3.63) is 22.1 Å². The summed E-state index contributed by atoms with van der Waals surface area (Å²) in [5, 5.41) is 3.16. The molecule has 0 saturated carbocycles. The minimum absolute atomic E-state index is 0.129. The van der Waals surface area contributed by atoms with Crippen LogP contribution in [0.25, 0.3) is 0 Å². The molecule has 1 aromatic rings. The minimum Gasteiger partial charge on any atom is -0.465 e. The van der Waals surface area contributed by atoms with E-state index in [-0.39, 0.29) is 37.1 Å². The number of aryl methyl sites for hydroxylation is 1. The summed E-state index contributed by atoms with van der Waals surface area (Å²) in [5.74, 6) is -0.554. The zero-order chi connectivity index (χ0) is 15.4. The van der Waals surface area contributed by atoms with E-state index < -0.39 is 5.97 Å². The number of carbonyl (C=O) groups excluding carboxylic acids is 2. The van der Waals surface area contributed by atoms with E-state index in [1.165, 1.54) is 16.3 Å². The fourth-order valence-corrected chi connectivity index (χ4v) is 3.02. The molecule has 0 bridgehead atoms. The summed E-state index contributed by atoms with van der Waals surface area (Å²) in [4.78, 5) is 39.5. The lowest BCUT2D eigenvalue weighted by atomic mass is 10.1. The molecule has 0 aromatic carbocycles. The number of aromatic nitrogens is 2. The number of esters is 1. The highest BCUT2D eigenvalue weighted by Gasteiger charge is 2.27. The van der Waals surface area contributed by atoms with Crippen LogP contribution in [0.3, 0.4) is 0 Å². The number of hydrogen-bond acceptors (Lipinski definition) is 6. The van der Waals surface area contributed by atoms with Gasteiger partial charge < -0.3 is 10.1 Å². The molecule has 0 fully saturated rings. The zero-order valence-electron chi connectivity index (χ0n) is 11.9. The average Bonchev–Trinajstić information content (AvgIpc) is 2.48. The first kappa shape index (κ1) is 15.6. The summed E-state index contributed by atoms with van der Waals surface area (Å²) in [6.07, 6.45) is 1.54. The molecule has 2 heterocycles. The molecule has 1 N–H and O–H groups in total. The highest BCUT2D eigenvalue weighted by atomic mass is 32.2. The average molecular weight is 311 g/mol. The number of ether oxygens (including phenoxy) is 1. The maximum atomic E-state index is 12.0. The van der Waals surface area contributed by atoms with Gasteiger partial charge in [0.1, 0.15) is 6.54 Å². The summed E-state index contributed by atoms with van der Waals surface area (Å²) < 4.78 is 6.26. The Bertz CT molecular complexity index is 614. The van der Waals surface area contributed by atoms with Crippen molar-refractivity contribution in [2.45, 2.75) is 25.5 Å². The monoisotopic (exact) mass is 311 g/mol. The highest BCUT2D eigenvalue weighted by molar-refractivity contribution is 7.99. The predicted molar refractivity (Wildman–Crippen MR) is 77.1 cm³/mol. The number of nitrogens with one attached hydrogen (secondary N) is 1. The van der Waals surface area contributed by atoms with E-state index in [2.05, 4.69) is 10.3 Å². The van der Waals surface area contributed by atoms with Crippen LogP contribution < -0.4 is 10.9 Å². The maximum absolute atomic E-state index is 12.0. The molecule has 0 radical (unpaired) electrons. The van der Waals surface area contributed by atoms with Crippen LogP contribution in [0.5, 0.6) is 0 Å². The van der Waals surface area contributed by atoms with E-state index in [0.29, 0.717) is 16.5 Å². The lowest BCUT2D eigenvalue weighted by molar-refractivity contribution is -0.143. The van der Waals surface area contributed by atoms with Crippen molar-refractivity contribution in [1.29, 1.82) is 0 Å². The second kappa shape index (κ2) is 6.75. The van der Waals surface area contributed by atoms with Gasteiger partial charge in [0.2, 0.25) is 5.91 Å². The number of rotatable bonds is 4. The van der Waals surface area contributed by atoms with Gasteiger partial charge in [-0.15, -0.1) is 0 Å². The first-order chi connectivity index (χ1) is 10.0. The Morgan fingerprint density at radius 1 is 1.57 bits per heavy atom.